The normalized spacial score (nSPS) is 14.3. The quantitative estimate of drug-likeness (QED) is 0.806. The van der Waals surface area contributed by atoms with Crippen molar-refractivity contribution in [1.29, 1.82) is 0 Å². The Kier molecular flexibility index (Phi) is 3.64. The number of fused-ring (bicyclic) bond motifs is 1. The van der Waals surface area contributed by atoms with Crippen LogP contribution in [0.3, 0.4) is 0 Å². The molecule has 2 rings (SSSR count). The molecule has 97 valence electrons. The molecule has 1 unspecified atom stereocenters. The first-order valence-corrected chi connectivity index (χ1v) is 8.82. The van der Waals surface area contributed by atoms with Crippen LogP contribution < -0.4 is 0 Å². The third-order valence-electron chi connectivity index (χ3n) is 3.02. The fraction of sp³-hybridized carbons (Fsp3) is 0.467. The minimum absolute atomic E-state index is 0.117. The maximum Gasteiger partial charge on any atom is 0.205 e. The molecular formula is C15H22NOSi. The first kappa shape index (κ1) is 13.4. The molecule has 1 aromatic heterocycles. The summed E-state index contributed by atoms with van der Waals surface area (Å²) in [6, 6.07) is 8.68. The standard InChI is InChI=1S/C15H22NOSi/c1-15(2,3)14(17-18(4)5)12-6-7-13-11(10-12)8-9-16-13/h6-10,14,16H,1-5H3. The molecule has 18 heavy (non-hydrogen) atoms. The van der Waals surface area contributed by atoms with Gasteiger partial charge in [0, 0.05) is 11.7 Å². The van der Waals surface area contributed by atoms with E-state index in [1.807, 2.05) is 6.20 Å². The molecule has 2 nitrogen and oxygen atoms in total. The summed E-state index contributed by atoms with van der Waals surface area (Å²) in [7, 11) is -0.710. The maximum absolute atomic E-state index is 6.22. The van der Waals surface area contributed by atoms with Crippen molar-refractivity contribution < 1.29 is 4.43 Å². The molecule has 1 atom stereocenters. The van der Waals surface area contributed by atoms with Crippen molar-refractivity contribution in [2.75, 3.05) is 0 Å². The molecule has 0 saturated carbocycles. The molecule has 1 N–H and O–H groups in total. The SMILES string of the molecule is C[Si](C)OC(c1ccc2[nH]ccc2c1)C(C)(C)C. The Hall–Kier alpha value is -1.06. The molecule has 2 aromatic rings. The average molecular weight is 260 g/mol. The Morgan fingerprint density at radius 2 is 1.89 bits per heavy atom. The van der Waals surface area contributed by atoms with Crippen molar-refractivity contribution in [1.82, 2.24) is 4.98 Å². The third-order valence-corrected chi connectivity index (χ3v) is 3.73. The van der Waals surface area contributed by atoms with Crippen LogP contribution in [0.1, 0.15) is 32.4 Å². The smallest absolute Gasteiger partial charge is 0.205 e. The Morgan fingerprint density at radius 1 is 1.17 bits per heavy atom. The number of aromatic nitrogens is 1. The molecule has 0 aliphatic heterocycles. The van der Waals surface area contributed by atoms with Gasteiger partial charge in [-0.3, -0.25) is 0 Å². The van der Waals surface area contributed by atoms with E-state index in [0.717, 1.165) is 0 Å². The van der Waals surface area contributed by atoms with Gasteiger partial charge in [0.05, 0.1) is 6.10 Å². The van der Waals surface area contributed by atoms with Crippen LogP contribution in [0, 0.1) is 5.41 Å². The molecule has 0 aliphatic carbocycles. The highest BCUT2D eigenvalue weighted by Crippen LogP contribution is 2.37. The Bertz CT molecular complexity index is 525. The monoisotopic (exact) mass is 260 g/mol. The number of hydrogen-bond acceptors (Lipinski definition) is 1. The van der Waals surface area contributed by atoms with Gasteiger partial charge in [-0.1, -0.05) is 26.8 Å². The molecular weight excluding hydrogens is 238 g/mol. The Morgan fingerprint density at radius 3 is 2.50 bits per heavy atom. The van der Waals surface area contributed by atoms with Crippen LogP contribution in [0.4, 0.5) is 0 Å². The van der Waals surface area contributed by atoms with Crippen molar-refractivity contribution in [2.45, 2.75) is 40.0 Å². The van der Waals surface area contributed by atoms with Crippen molar-refractivity contribution in [3.63, 3.8) is 0 Å². The van der Waals surface area contributed by atoms with E-state index in [4.69, 9.17) is 4.43 Å². The summed E-state index contributed by atoms with van der Waals surface area (Å²) < 4.78 is 6.22. The second kappa shape index (κ2) is 4.90. The van der Waals surface area contributed by atoms with Gasteiger partial charge in [0.15, 0.2) is 0 Å². The number of benzene rings is 1. The minimum Gasteiger partial charge on any atom is -0.410 e. The Labute approximate surface area is 111 Å². The fourth-order valence-corrected chi connectivity index (χ4v) is 3.18. The van der Waals surface area contributed by atoms with Crippen LogP contribution in [0.15, 0.2) is 30.5 Å². The number of rotatable bonds is 3. The molecule has 0 fully saturated rings. The summed E-state index contributed by atoms with van der Waals surface area (Å²) in [5.74, 6) is 0. The molecule has 3 heteroatoms. The Balaban J connectivity index is 2.40. The number of aromatic amines is 1. The lowest BCUT2D eigenvalue weighted by atomic mass is 9.84. The highest BCUT2D eigenvalue weighted by molar-refractivity contribution is 6.48. The van der Waals surface area contributed by atoms with E-state index in [1.165, 1.54) is 16.5 Å². The van der Waals surface area contributed by atoms with E-state index in [-0.39, 0.29) is 11.5 Å². The molecule has 0 spiro atoms. The second-order valence-electron chi connectivity index (χ2n) is 6.10. The van der Waals surface area contributed by atoms with E-state index in [1.54, 1.807) is 0 Å². The predicted octanol–water partition coefficient (Wildman–Crippen LogP) is 4.52. The second-order valence-corrected chi connectivity index (χ2v) is 8.15. The number of nitrogens with one attached hydrogen (secondary N) is 1. The lowest BCUT2D eigenvalue weighted by Crippen LogP contribution is -2.25. The molecule has 1 aromatic carbocycles. The van der Waals surface area contributed by atoms with Crippen LogP contribution in [-0.2, 0) is 4.43 Å². The molecule has 1 heterocycles. The van der Waals surface area contributed by atoms with Gasteiger partial charge >= 0.3 is 0 Å². The summed E-state index contributed by atoms with van der Waals surface area (Å²) in [5.41, 5.74) is 2.58. The summed E-state index contributed by atoms with van der Waals surface area (Å²) in [6.45, 7) is 11.1. The van der Waals surface area contributed by atoms with Crippen molar-refractivity contribution in [2.24, 2.45) is 5.41 Å². The number of H-pyrrole nitrogens is 1. The first-order chi connectivity index (χ1) is 8.38. The minimum atomic E-state index is -0.710. The van der Waals surface area contributed by atoms with Gasteiger partial charge in [0.1, 0.15) is 0 Å². The maximum atomic E-state index is 6.22. The van der Waals surface area contributed by atoms with Crippen molar-refractivity contribution in [3.05, 3.63) is 36.0 Å². The van der Waals surface area contributed by atoms with E-state index < -0.39 is 9.04 Å². The molecule has 1 radical (unpaired) electrons. The van der Waals surface area contributed by atoms with Gasteiger partial charge in [-0.15, -0.1) is 0 Å². The van der Waals surface area contributed by atoms with E-state index in [9.17, 15) is 0 Å². The van der Waals surface area contributed by atoms with E-state index in [2.05, 4.69) is 63.1 Å². The lowest BCUT2D eigenvalue weighted by Gasteiger charge is -2.32. The zero-order chi connectivity index (χ0) is 13.3. The summed E-state index contributed by atoms with van der Waals surface area (Å²) in [6.07, 6.45) is 2.15. The zero-order valence-electron chi connectivity index (χ0n) is 11.9. The van der Waals surface area contributed by atoms with Crippen LogP contribution in [-0.4, -0.2) is 14.0 Å². The topological polar surface area (TPSA) is 25.0 Å². The average Bonchev–Trinajstić information content (AvgIpc) is 2.70. The molecule has 0 amide bonds. The summed E-state index contributed by atoms with van der Waals surface area (Å²) >= 11 is 0. The summed E-state index contributed by atoms with van der Waals surface area (Å²) in [4.78, 5) is 3.23. The predicted molar refractivity (Wildman–Crippen MR) is 79.1 cm³/mol. The molecule has 0 aliphatic rings. The van der Waals surface area contributed by atoms with Crippen molar-refractivity contribution >= 4 is 19.9 Å². The largest absolute Gasteiger partial charge is 0.410 e. The number of hydrogen-bond donors (Lipinski definition) is 1. The van der Waals surface area contributed by atoms with Gasteiger partial charge in [0.25, 0.3) is 0 Å². The van der Waals surface area contributed by atoms with E-state index >= 15 is 0 Å². The third kappa shape index (κ3) is 2.84. The van der Waals surface area contributed by atoms with Crippen LogP contribution in [0.25, 0.3) is 10.9 Å². The highest BCUT2D eigenvalue weighted by atomic mass is 28.3. The van der Waals surface area contributed by atoms with Crippen LogP contribution in [0.5, 0.6) is 0 Å². The van der Waals surface area contributed by atoms with Crippen LogP contribution >= 0.6 is 0 Å². The zero-order valence-corrected chi connectivity index (χ0v) is 12.9. The first-order valence-electron chi connectivity index (χ1n) is 6.42. The van der Waals surface area contributed by atoms with Crippen LogP contribution in [0.2, 0.25) is 13.1 Å². The van der Waals surface area contributed by atoms with Gasteiger partial charge in [0.2, 0.25) is 9.04 Å². The fourth-order valence-electron chi connectivity index (χ4n) is 2.22. The molecule has 0 bridgehead atoms. The summed E-state index contributed by atoms with van der Waals surface area (Å²) in [5, 5.41) is 1.26. The molecule has 0 saturated heterocycles. The van der Waals surface area contributed by atoms with Gasteiger partial charge in [-0.25, -0.2) is 0 Å². The van der Waals surface area contributed by atoms with Gasteiger partial charge in [-0.05, 0) is 47.7 Å². The highest BCUT2D eigenvalue weighted by Gasteiger charge is 2.28. The van der Waals surface area contributed by atoms with Crippen molar-refractivity contribution in [3.8, 4) is 0 Å². The lowest BCUT2D eigenvalue weighted by molar-refractivity contribution is 0.0867. The van der Waals surface area contributed by atoms with E-state index in [0.29, 0.717) is 0 Å². The van der Waals surface area contributed by atoms with Gasteiger partial charge in [-0.2, -0.15) is 0 Å². The van der Waals surface area contributed by atoms with Gasteiger partial charge < -0.3 is 9.41 Å².